The molecule has 4 rings (SSSR count). The first-order chi connectivity index (χ1) is 14.9. The number of carbonyl (C=O) groups excluding carboxylic acids is 1. The van der Waals surface area contributed by atoms with Crippen molar-refractivity contribution in [2.45, 2.75) is 4.90 Å². The quantitative estimate of drug-likeness (QED) is 0.510. The molecule has 0 saturated carbocycles. The molecule has 0 atom stereocenters. The Morgan fingerprint density at radius 2 is 1.58 bits per heavy atom. The number of anilines is 1. The average Bonchev–Trinajstić information content (AvgIpc) is 2.80. The highest BCUT2D eigenvalue weighted by Crippen LogP contribution is 2.30. The summed E-state index contributed by atoms with van der Waals surface area (Å²) in [7, 11) is -2.83. The summed E-state index contributed by atoms with van der Waals surface area (Å²) in [6.07, 6.45) is 0. The van der Waals surface area contributed by atoms with E-state index in [1.165, 1.54) is 49.6 Å². The molecule has 0 spiro atoms. The molecule has 0 unspecified atom stereocenters. The first-order valence-electron chi connectivity index (χ1n) is 9.29. The van der Waals surface area contributed by atoms with Crippen LogP contribution in [-0.4, -0.2) is 31.5 Å². The molecule has 0 aliphatic rings. The zero-order valence-corrected chi connectivity index (χ0v) is 17.3. The van der Waals surface area contributed by atoms with Crippen LogP contribution < -0.4 is 9.04 Å². The van der Waals surface area contributed by atoms with Gasteiger partial charge in [-0.1, -0.05) is 36.4 Å². The number of fused-ring (bicyclic) bond motifs is 1. The van der Waals surface area contributed by atoms with Gasteiger partial charge in [-0.2, -0.15) is 4.31 Å². The number of benzene rings is 3. The number of ether oxygens (including phenoxy) is 1. The normalized spacial score (nSPS) is 11.3. The van der Waals surface area contributed by atoms with E-state index in [9.17, 15) is 18.3 Å². The molecule has 1 aromatic heterocycles. The Morgan fingerprint density at radius 3 is 2.26 bits per heavy atom. The van der Waals surface area contributed by atoms with Crippen molar-refractivity contribution in [2.75, 3.05) is 11.4 Å². The van der Waals surface area contributed by atoms with Crippen LogP contribution in [-0.2, 0) is 10.0 Å². The summed E-state index contributed by atoms with van der Waals surface area (Å²) in [4.78, 5) is 17.7. The van der Waals surface area contributed by atoms with Gasteiger partial charge in [-0.3, -0.25) is 4.79 Å². The van der Waals surface area contributed by atoms with E-state index in [1.807, 2.05) is 6.07 Å². The summed E-state index contributed by atoms with van der Waals surface area (Å²) in [6.45, 7) is 0. The highest BCUT2D eigenvalue weighted by Gasteiger charge is 2.33. The molecular formula is C23H18N2O5S. The zero-order valence-electron chi connectivity index (χ0n) is 16.5. The number of sulfonamides is 1. The lowest BCUT2D eigenvalue weighted by molar-refractivity contribution is 0.1000. The molecule has 0 saturated heterocycles. The van der Waals surface area contributed by atoms with Crippen molar-refractivity contribution >= 4 is 32.4 Å². The number of nitrogens with zero attached hydrogens (tertiary/aromatic N) is 2. The van der Waals surface area contributed by atoms with Crippen molar-refractivity contribution in [2.24, 2.45) is 0 Å². The second kappa shape index (κ2) is 8.08. The Hall–Kier alpha value is -3.91. The third kappa shape index (κ3) is 3.80. The summed E-state index contributed by atoms with van der Waals surface area (Å²) in [6, 6.07) is 21.7. The Morgan fingerprint density at radius 1 is 0.935 bits per heavy atom. The molecule has 0 aliphatic carbocycles. The number of aromatic hydroxyl groups is 1. The van der Waals surface area contributed by atoms with Crippen LogP contribution >= 0.6 is 0 Å². The summed E-state index contributed by atoms with van der Waals surface area (Å²) >= 11 is 0. The topological polar surface area (TPSA) is 96.8 Å². The van der Waals surface area contributed by atoms with Gasteiger partial charge < -0.3 is 9.84 Å². The van der Waals surface area contributed by atoms with Crippen molar-refractivity contribution in [3.05, 3.63) is 90.6 Å². The van der Waals surface area contributed by atoms with Crippen LogP contribution in [0.15, 0.2) is 89.8 Å². The van der Waals surface area contributed by atoms with E-state index >= 15 is 0 Å². The van der Waals surface area contributed by atoms with Crippen molar-refractivity contribution in [1.82, 2.24) is 4.98 Å². The highest BCUT2D eigenvalue weighted by molar-refractivity contribution is 7.93. The molecule has 0 aliphatic heterocycles. The Bertz CT molecular complexity index is 1350. The third-order valence-corrected chi connectivity index (χ3v) is 6.39. The van der Waals surface area contributed by atoms with E-state index in [1.54, 1.807) is 36.4 Å². The van der Waals surface area contributed by atoms with Gasteiger partial charge in [0.2, 0.25) is 5.88 Å². The standard InChI is InChI=1S/C23H18N2O5S/c1-30-22-20-10-6-5-7-16(20)15-21(24-22)23(27)25(17-11-13-18(26)14-12-17)31(28,29)19-8-3-2-4-9-19/h2-15,26H,1H3. The fourth-order valence-electron chi connectivity index (χ4n) is 3.19. The minimum Gasteiger partial charge on any atom is -0.508 e. The maximum Gasteiger partial charge on any atom is 0.291 e. The first kappa shape index (κ1) is 20.4. The van der Waals surface area contributed by atoms with E-state index in [0.29, 0.717) is 15.1 Å². The SMILES string of the molecule is COc1nc(C(=O)N(c2ccc(O)cc2)S(=O)(=O)c2ccccc2)cc2ccccc12. The van der Waals surface area contributed by atoms with E-state index < -0.39 is 15.9 Å². The molecule has 1 amide bonds. The monoisotopic (exact) mass is 434 g/mol. The Labute approximate surface area is 179 Å². The molecule has 3 aromatic carbocycles. The van der Waals surface area contributed by atoms with Gasteiger partial charge in [0.05, 0.1) is 17.7 Å². The van der Waals surface area contributed by atoms with Crippen LogP contribution in [0.5, 0.6) is 11.6 Å². The molecule has 1 heterocycles. The summed E-state index contributed by atoms with van der Waals surface area (Å²) in [5.74, 6) is -0.693. The second-order valence-corrected chi connectivity index (χ2v) is 8.43. The minimum atomic E-state index is -4.27. The number of amides is 1. The molecular weight excluding hydrogens is 416 g/mol. The van der Waals surface area contributed by atoms with E-state index in [0.717, 1.165) is 0 Å². The van der Waals surface area contributed by atoms with Crippen LogP contribution in [0.1, 0.15) is 10.5 Å². The predicted octanol–water partition coefficient (Wildman–Crippen LogP) is 3.98. The highest BCUT2D eigenvalue weighted by atomic mass is 32.2. The van der Waals surface area contributed by atoms with Gasteiger partial charge in [0, 0.05) is 5.39 Å². The molecule has 0 fully saturated rings. The number of aromatic nitrogens is 1. The number of hydrogen-bond acceptors (Lipinski definition) is 6. The van der Waals surface area contributed by atoms with E-state index in [2.05, 4.69) is 4.98 Å². The van der Waals surface area contributed by atoms with Gasteiger partial charge in [-0.05, 0) is 53.9 Å². The summed E-state index contributed by atoms with van der Waals surface area (Å²) < 4.78 is 32.9. The summed E-state index contributed by atoms with van der Waals surface area (Å²) in [5, 5.41) is 11.0. The zero-order chi connectivity index (χ0) is 22.0. The number of carbonyl (C=O) groups is 1. The number of methoxy groups -OCH3 is 1. The van der Waals surface area contributed by atoms with Crippen molar-refractivity contribution in [3.8, 4) is 11.6 Å². The smallest absolute Gasteiger partial charge is 0.291 e. The number of hydrogen-bond donors (Lipinski definition) is 1. The van der Waals surface area contributed by atoms with Gasteiger partial charge in [0.15, 0.2) is 0 Å². The minimum absolute atomic E-state index is 0.0517. The van der Waals surface area contributed by atoms with Crippen molar-refractivity contribution < 1.29 is 23.1 Å². The second-order valence-electron chi connectivity index (χ2n) is 6.64. The molecule has 31 heavy (non-hydrogen) atoms. The van der Waals surface area contributed by atoms with Crippen LogP contribution in [0.25, 0.3) is 10.8 Å². The van der Waals surface area contributed by atoms with Gasteiger partial charge in [0.1, 0.15) is 11.4 Å². The molecule has 7 nitrogen and oxygen atoms in total. The molecule has 1 N–H and O–H groups in total. The molecule has 0 bridgehead atoms. The van der Waals surface area contributed by atoms with Crippen LogP contribution in [0, 0.1) is 0 Å². The Kier molecular flexibility index (Phi) is 5.31. The fraction of sp³-hybridized carbons (Fsp3) is 0.0435. The van der Waals surface area contributed by atoms with Crippen LogP contribution in [0.3, 0.4) is 0 Å². The maximum absolute atomic E-state index is 13.5. The number of phenols is 1. The number of phenolic OH excluding ortho intramolecular Hbond substituents is 1. The molecule has 156 valence electrons. The van der Waals surface area contributed by atoms with Gasteiger partial charge in [-0.25, -0.2) is 13.4 Å². The van der Waals surface area contributed by atoms with Crippen LogP contribution in [0.2, 0.25) is 0 Å². The lowest BCUT2D eigenvalue weighted by atomic mass is 10.1. The van der Waals surface area contributed by atoms with Crippen LogP contribution in [0.4, 0.5) is 5.69 Å². The fourth-order valence-corrected chi connectivity index (χ4v) is 4.61. The largest absolute Gasteiger partial charge is 0.508 e. The van der Waals surface area contributed by atoms with Gasteiger partial charge in [-0.15, -0.1) is 0 Å². The lowest BCUT2D eigenvalue weighted by Gasteiger charge is -2.23. The molecule has 8 heteroatoms. The average molecular weight is 434 g/mol. The number of rotatable bonds is 5. The van der Waals surface area contributed by atoms with E-state index in [-0.39, 0.29) is 27.9 Å². The van der Waals surface area contributed by atoms with Crippen molar-refractivity contribution in [3.63, 3.8) is 0 Å². The maximum atomic E-state index is 13.5. The predicted molar refractivity (Wildman–Crippen MR) is 117 cm³/mol. The molecule has 4 aromatic rings. The lowest BCUT2D eigenvalue weighted by Crippen LogP contribution is -2.37. The third-order valence-electron chi connectivity index (χ3n) is 4.67. The number of pyridine rings is 1. The van der Waals surface area contributed by atoms with E-state index in [4.69, 9.17) is 4.74 Å². The Balaban J connectivity index is 1.91. The summed E-state index contributed by atoms with van der Waals surface area (Å²) in [5.41, 5.74) is -0.0243. The van der Waals surface area contributed by atoms with Gasteiger partial charge >= 0.3 is 0 Å². The first-order valence-corrected chi connectivity index (χ1v) is 10.7. The van der Waals surface area contributed by atoms with Crippen molar-refractivity contribution in [1.29, 1.82) is 0 Å². The van der Waals surface area contributed by atoms with Gasteiger partial charge in [0.25, 0.3) is 15.9 Å². The molecule has 0 radical (unpaired) electrons.